The van der Waals surface area contributed by atoms with Crippen LogP contribution in [0.3, 0.4) is 0 Å². The van der Waals surface area contributed by atoms with Gasteiger partial charge in [0.25, 0.3) is 0 Å². The van der Waals surface area contributed by atoms with Crippen LogP contribution in [0.2, 0.25) is 0 Å². The van der Waals surface area contributed by atoms with Crippen LogP contribution in [0.25, 0.3) is 0 Å². The molecule has 1 heterocycles. The normalized spacial score (nSPS) is 10.5. The maximum absolute atomic E-state index is 13.5. The molecule has 4 nitrogen and oxygen atoms in total. The van der Waals surface area contributed by atoms with Crippen LogP contribution in [0.4, 0.5) is 4.39 Å². The quantitative estimate of drug-likeness (QED) is 0.917. The molecule has 2 N–H and O–H groups in total. The molecule has 0 bridgehead atoms. The molecule has 100 valence electrons. The van der Waals surface area contributed by atoms with Gasteiger partial charge in [-0.3, -0.25) is 0 Å². The second kappa shape index (κ2) is 5.75. The molecule has 0 saturated carbocycles. The van der Waals surface area contributed by atoms with Crippen molar-refractivity contribution in [2.24, 2.45) is 5.73 Å². The van der Waals surface area contributed by atoms with E-state index < -0.39 is 0 Å². The molecule has 19 heavy (non-hydrogen) atoms. The monoisotopic (exact) mass is 261 g/mol. The zero-order valence-corrected chi connectivity index (χ0v) is 11.0. The lowest BCUT2D eigenvalue weighted by Gasteiger charge is -2.12. The Bertz CT molecular complexity index is 587. The van der Waals surface area contributed by atoms with E-state index in [1.807, 2.05) is 13.8 Å². The van der Waals surface area contributed by atoms with E-state index in [1.165, 1.54) is 6.07 Å². The molecule has 0 amide bonds. The molecular weight excluding hydrogens is 245 g/mol. The Morgan fingerprint density at radius 3 is 2.63 bits per heavy atom. The van der Waals surface area contributed by atoms with Gasteiger partial charge in [-0.25, -0.2) is 4.39 Å². The number of aromatic nitrogens is 2. The lowest BCUT2D eigenvalue weighted by Crippen LogP contribution is -2.10. The van der Waals surface area contributed by atoms with Gasteiger partial charge in [-0.05, 0) is 25.5 Å². The summed E-state index contributed by atoms with van der Waals surface area (Å²) in [7, 11) is 0. The fourth-order valence-electron chi connectivity index (χ4n) is 1.75. The van der Waals surface area contributed by atoms with Crippen molar-refractivity contribution in [3.05, 3.63) is 52.5 Å². The minimum atomic E-state index is -0.298. The lowest BCUT2D eigenvalue weighted by molar-refractivity contribution is 0.280. The highest BCUT2D eigenvalue weighted by Crippen LogP contribution is 2.21. The zero-order valence-electron chi connectivity index (χ0n) is 11.0. The molecule has 2 aromatic rings. The fraction of sp³-hybridized carbons (Fsp3) is 0.286. The third-order valence-electron chi connectivity index (χ3n) is 3.07. The van der Waals surface area contributed by atoms with Crippen molar-refractivity contribution >= 4 is 0 Å². The first-order valence-electron chi connectivity index (χ1n) is 6.02. The molecule has 0 fully saturated rings. The highest BCUT2D eigenvalue weighted by Gasteiger charge is 2.11. The topological polar surface area (TPSA) is 61.0 Å². The third-order valence-corrected chi connectivity index (χ3v) is 3.07. The van der Waals surface area contributed by atoms with E-state index in [0.717, 1.165) is 16.8 Å². The molecule has 0 saturated heterocycles. The largest absolute Gasteiger partial charge is 0.471 e. The number of rotatable bonds is 4. The maximum atomic E-state index is 13.5. The van der Waals surface area contributed by atoms with Crippen LogP contribution in [0.1, 0.15) is 22.4 Å². The predicted molar refractivity (Wildman–Crippen MR) is 70.1 cm³/mol. The molecule has 1 aromatic heterocycles. The van der Waals surface area contributed by atoms with Crippen LogP contribution in [0.5, 0.6) is 5.88 Å². The summed E-state index contributed by atoms with van der Waals surface area (Å²) in [6.45, 7) is 4.20. The van der Waals surface area contributed by atoms with Crippen LogP contribution in [0.15, 0.2) is 24.3 Å². The van der Waals surface area contributed by atoms with Crippen LogP contribution in [0, 0.1) is 19.7 Å². The standard InChI is InChI=1S/C14H16FN3O/c1-9-10(2)17-18-14(12(9)7-16)19-8-11-5-3-4-6-13(11)15/h3-6H,7-8,16H2,1-2H3. The van der Waals surface area contributed by atoms with E-state index in [-0.39, 0.29) is 12.4 Å². The molecule has 2 rings (SSSR count). The van der Waals surface area contributed by atoms with Crippen molar-refractivity contribution in [1.29, 1.82) is 0 Å². The number of benzene rings is 1. The molecule has 0 aliphatic carbocycles. The summed E-state index contributed by atoms with van der Waals surface area (Å²) in [5.41, 5.74) is 8.76. The van der Waals surface area contributed by atoms with E-state index in [0.29, 0.717) is 18.0 Å². The summed E-state index contributed by atoms with van der Waals surface area (Å²) >= 11 is 0. The number of nitrogens with zero attached hydrogens (tertiary/aromatic N) is 2. The van der Waals surface area contributed by atoms with Gasteiger partial charge < -0.3 is 10.5 Å². The van der Waals surface area contributed by atoms with Crippen molar-refractivity contribution in [3.63, 3.8) is 0 Å². The highest BCUT2D eigenvalue weighted by atomic mass is 19.1. The van der Waals surface area contributed by atoms with Crippen LogP contribution < -0.4 is 10.5 Å². The minimum Gasteiger partial charge on any atom is -0.471 e. The van der Waals surface area contributed by atoms with E-state index >= 15 is 0 Å². The van der Waals surface area contributed by atoms with Crippen LogP contribution in [-0.2, 0) is 13.2 Å². The molecule has 0 aliphatic heterocycles. The Balaban J connectivity index is 2.21. The third kappa shape index (κ3) is 2.88. The number of halogens is 1. The van der Waals surface area contributed by atoms with Crippen molar-refractivity contribution in [1.82, 2.24) is 10.2 Å². The summed E-state index contributed by atoms with van der Waals surface area (Å²) in [5, 5.41) is 7.98. The number of nitrogens with two attached hydrogens (primary N) is 1. The van der Waals surface area contributed by atoms with Gasteiger partial charge in [0.15, 0.2) is 0 Å². The highest BCUT2D eigenvalue weighted by molar-refractivity contribution is 5.35. The molecular formula is C14H16FN3O. The van der Waals surface area contributed by atoms with Gasteiger partial charge in [0, 0.05) is 17.7 Å². The minimum absolute atomic E-state index is 0.108. The molecule has 0 unspecified atom stereocenters. The molecule has 0 atom stereocenters. The molecule has 0 spiro atoms. The first-order valence-corrected chi connectivity index (χ1v) is 6.02. The summed E-state index contributed by atoms with van der Waals surface area (Å²) in [6.07, 6.45) is 0. The maximum Gasteiger partial charge on any atom is 0.238 e. The summed E-state index contributed by atoms with van der Waals surface area (Å²) in [4.78, 5) is 0. The molecule has 5 heteroatoms. The van der Waals surface area contributed by atoms with Gasteiger partial charge in [0.2, 0.25) is 5.88 Å². The van der Waals surface area contributed by atoms with E-state index in [9.17, 15) is 4.39 Å². The van der Waals surface area contributed by atoms with Gasteiger partial charge in [-0.2, -0.15) is 5.10 Å². The molecule has 1 aromatic carbocycles. The number of aryl methyl sites for hydroxylation is 1. The Labute approximate surface area is 111 Å². The SMILES string of the molecule is Cc1nnc(OCc2ccccc2F)c(CN)c1C. The van der Waals surface area contributed by atoms with Crippen LogP contribution in [-0.4, -0.2) is 10.2 Å². The number of hydrogen-bond donors (Lipinski definition) is 1. The Kier molecular flexibility index (Phi) is 4.06. The number of ether oxygens (including phenoxy) is 1. The van der Waals surface area contributed by atoms with Gasteiger partial charge >= 0.3 is 0 Å². The second-order valence-corrected chi connectivity index (χ2v) is 4.28. The van der Waals surface area contributed by atoms with Gasteiger partial charge in [-0.15, -0.1) is 5.10 Å². The van der Waals surface area contributed by atoms with Crippen molar-refractivity contribution < 1.29 is 9.13 Å². The number of hydrogen-bond acceptors (Lipinski definition) is 4. The first-order chi connectivity index (χ1) is 9.13. The Morgan fingerprint density at radius 1 is 1.21 bits per heavy atom. The van der Waals surface area contributed by atoms with Crippen LogP contribution >= 0.6 is 0 Å². The van der Waals surface area contributed by atoms with Crippen molar-refractivity contribution in [2.75, 3.05) is 0 Å². The molecule has 0 aliphatic rings. The van der Waals surface area contributed by atoms with E-state index in [4.69, 9.17) is 10.5 Å². The first kappa shape index (κ1) is 13.4. The smallest absolute Gasteiger partial charge is 0.238 e. The van der Waals surface area contributed by atoms with Gasteiger partial charge in [-0.1, -0.05) is 18.2 Å². The zero-order chi connectivity index (χ0) is 13.8. The molecule has 0 radical (unpaired) electrons. The van der Waals surface area contributed by atoms with Gasteiger partial charge in [0.1, 0.15) is 12.4 Å². The summed E-state index contributed by atoms with van der Waals surface area (Å²) < 4.78 is 19.0. The summed E-state index contributed by atoms with van der Waals surface area (Å²) in [6, 6.07) is 6.47. The van der Waals surface area contributed by atoms with Gasteiger partial charge in [0.05, 0.1) is 5.69 Å². The van der Waals surface area contributed by atoms with E-state index in [1.54, 1.807) is 18.2 Å². The Hall–Kier alpha value is -2.01. The Morgan fingerprint density at radius 2 is 1.95 bits per heavy atom. The lowest BCUT2D eigenvalue weighted by atomic mass is 10.1. The summed E-state index contributed by atoms with van der Waals surface area (Å²) in [5.74, 6) is 0.0717. The second-order valence-electron chi connectivity index (χ2n) is 4.28. The van der Waals surface area contributed by atoms with Crippen molar-refractivity contribution in [3.8, 4) is 5.88 Å². The van der Waals surface area contributed by atoms with Crippen molar-refractivity contribution in [2.45, 2.75) is 27.0 Å². The average Bonchev–Trinajstić information content (AvgIpc) is 2.41. The fourth-order valence-corrected chi connectivity index (χ4v) is 1.75. The average molecular weight is 261 g/mol. The predicted octanol–water partition coefficient (Wildman–Crippen LogP) is 2.27. The van der Waals surface area contributed by atoms with E-state index in [2.05, 4.69) is 10.2 Å².